The van der Waals surface area contributed by atoms with Crippen LogP contribution < -0.4 is 19.5 Å². The van der Waals surface area contributed by atoms with Gasteiger partial charge >= 0.3 is 0 Å². The SMILES string of the molecule is COc1cc(C)cc(OC)c1OCC(C)(O)CNC1CC1. The molecule has 0 aromatic heterocycles. The van der Waals surface area contributed by atoms with Crippen LogP contribution in [0.25, 0.3) is 0 Å². The van der Waals surface area contributed by atoms with Gasteiger partial charge in [0.05, 0.1) is 14.2 Å². The lowest BCUT2D eigenvalue weighted by Gasteiger charge is -2.25. The van der Waals surface area contributed by atoms with E-state index in [4.69, 9.17) is 14.2 Å². The Morgan fingerprint density at radius 2 is 1.81 bits per heavy atom. The third-order valence-electron chi connectivity index (χ3n) is 3.48. The van der Waals surface area contributed by atoms with Gasteiger partial charge < -0.3 is 24.6 Å². The Balaban J connectivity index is 2.03. The zero-order chi connectivity index (χ0) is 15.5. The predicted octanol–water partition coefficient (Wildman–Crippen LogP) is 1.89. The first-order valence-corrected chi connectivity index (χ1v) is 7.26. The Bertz CT molecular complexity index is 458. The second kappa shape index (κ2) is 6.54. The number of aliphatic hydroxyl groups is 1. The maximum Gasteiger partial charge on any atom is 0.203 e. The van der Waals surface area contributed by atoms with Crippen LogP contribution in [0.4, 0.5) is 0 Å². The predicted molar refractivity (Wildman–Crippen MR) is 81.4 cm³/mol. The molecule has 1 aliphatic carbocycles. The van der Waals surface area contributed by atoms with Crippen molar-refractivity contribution in [2.75, 3.05) is 27.4 Å². The van der Waals surface area contributed by atoms with E-state index in [-0.39, 0.29) is 6.61 Å². The Morgan fingerprint density at radius 1 is 1.24 bits per heavy atom. The molecule has 5 heteroatoms. The topological polar surface area (TPSA) is 60.0 Å². The van der Waals surface area contributed by atoms with E-state index in [2.05, 4.69) is 5.32 Å². The molecule has 2 rings (SSSR count). The van der Waals surface area contributed by atoms with Gasteiger partial charge in [-0.15, -0.1) is 0 Å². The number of hydrogen-bond acceptors (Lipinski definition) is 5. The molecule has 118 valence electrons. The summed E-state index contributed by atoms with van der Waals surface area (Å²) in [5, 5.41) is 13.7. The van der Waals surface area contributed by atoms with E-state index in [1.165, 1.54) is 12.8 Å². The molecule has 0 radical (unpaired) electrons. The fraction of sp³-hybridized carbons (Fsp3) is 0.625. The Labute approximate surface area is 126 Å². The van der Waals surface area contributed by atoms with E-state index >= 15 is 0 Å². The van der Waals surface area contributed by atoms with E-state index in [9.17, 15) is 5.11 Å². The second-order valence-corrected chi connectivity index (χ2v) is 5.94. The highest BCUT2D eigenvalue weighted by molar-refractivity contribution is 5.53. The van der Waals surface area contributed by atoms with Crippen molar-refractivity contribution in [2.24, 2.45) is 0 Å². The van der Waals surface area contributed by atoms with Crippen molar-refractivity contribution in [3.8, 4) is 17.2 Å². The fourth-order valence-electron chi connectivity index (χ4n) is 2.08. The number of benzene rings is 1. The first-order chi connectivity index (χ1) is 9.95. The van der Waals surface area contributed by atoms with E-state index in [0.29, 0.717) is 29.8 Å². The number of hydrogen-bond donors (Lipinski definition) is 2. The van der Waals surface area contributed by atoms with Crippen molar-refractivity contribution in [1.29, 1.82) is 0 Å². The molecule has 1 aromatic rings. The summed E-state index contributed by atoms with van der Waals surface area (Å²) in [7, 11) is 3.18. The summed E-state index contributed by atoms with van der Waals surface area (Å²) in [5.41, 5.74) is 0.0851. The van der Waals surface area contributed by atoms with Crippen LogP contribution in [0, 0.1) is 6.92 Å². The Kier molecular flexibility index (Phi) is 4.96. The molecular formula is C16H25NO4. The van der Waals surface area contributed by atoms with Crippen molar-refractivity contribution in [1.82, 2.24) is 5.32 Å². The lowest BCUT2D eigenvalue weighted by Crippen LogP contribution is -2.43. The lowest BCUT2D eigenvalue weighted by atomic mass is 10.1. The van der Waals surface area contributed by atoms with Crippen LogP contribution in [-0.2, 0) is 0 Å². The molecule has 0 bridgehead atoms. The Morgan fingerprint density at radius 3 is 2.29 bits per heavy atom. The summed E-state index contributed by atoms with van der Waals surface area (Å²) >= 11 is 0. The van der Waals surface area contributed by atoms with Gasteiger partial charge in [-0.2, -0.15) is 0 Å². The van der Waals surface area contributed by atoms with E-state index in [1.54, 1.807) is 21.1 Å². The van der Waals surface area contributed by atoms with Crippen LogP contribution >= 0.6 is 0 Å². The molecule has 1 aliphatic rings. The van der Waals surface area contributed by atoms with Gasteiger partial charge in [0.15, 0.2) is 11.5 Å². The Hall–Kier alpha value is -1.46. The van der Waals surface area contributed by atoms with Gasteiger partial charge in [-0.1, -0.05) is 0 Å². The molecule has 5 nitrogen and oxygen atoms in total. The van der Waals surface area contributed by atoms with Crippen molar-refractivity contribution in [2.45, 2.75) is 38.3 Å². The lowest BCUT2D eigenvalue weighted by molar-refractivity contribution is 0.0105. The van der Waals surface area contributed by atoms with E-state index < -0.39 is 5.60 Å². The fourth-order valence-corrected chi connectivity index (χ4v) is 2.08. The molecule has 1 unspecified atom stereocenters. The summed E-state index contributed by atoms with van der Waals surface area (Å²) in [5.74, 6) is 1.74. The number of aryl methyl sites for hydroxylation is 1. The van der Waals surface area contributed by atoms with Crippen LogP contribution in [0.15, 0.2) is 12.1 Å². The molecule has 1 aromatic carbocycles. The highest BCUT2D eigenvalue weighted by Crippen LogP contribution is 2.38. The van der Waals surface area contributed by atoms with Crippen LogP contribution in [0.2, 0.25) is 0 Å². The monoisotopic (exact) mass is 295 g/mol. The summed E-state index contributed by atoms with van der Waals surface area (Å²) in [6.07, 6.45) is 2.38. The largest absolute Gasteiger partial charge is 0.493 e. The molecule has 2 N–H and O–H groups in total. The van der Waals surface area contributed by atoms with Gasteiger partial charge in [-0.25, -0.2) is 0 Å². The van der Waals surface area contributed by atoms with Crippen LogP contribution in [0.5, 0.6) is 17.2 Å². The standard InChI is InChI=1S/C16H25NO4/c1-11-7-13(19-3)15(14(8-11)20-4)21-10-16(2,18)9-17-12-5-6-12/h7-8,12,17-18H,5-6,9-10H2,1-4H3. The number of nitrogens with one attached hydrogen (secondary N) is 1. The maximum atomic E-state index is 10.4. The third kappa shape index (κ3) is 4.51. The zero-order valence-corrected chi connectivity index (χ0v) is 13.2. The van der Waals surface area contributed by atoms with E-state index in [1.807, 2.05) is 19.1 Å². The van der Waals surface area contributed by atoms with Gasteiger partial charge in [0.25, 0.3) is 0 Å². The van der Waals surface area contributed by atoms with Gasteiger partial charge in [-0.3, -0.25) is 0 Å². The summed E-state index contributed by atoms with van der Waals surface area (Å²) in [6.45, 7) is 4.40. The smallest absolute Gasteiger partial charge is 0.203 e. The first kappa shape index (κ1) is 15.9. The average molecular weight is 295 g/mol. The number of rotatable bonds is 8. The van der Waals surface area contributed by atoms with E-state index in [0.717, 1.165) is 5.56 Å². The normalized spacial score (nSPS) is 17.2. The van der Waals surface area contributed by atoms with Crippen molar-refractivity contribution >= 4 is 0 Å². The molecule has 0 amide bonds. The summed E-state index contributed by atoms with van der Waals surface area (Å²) in [6, 6.07) is 4.32. The molecule has 21 heavy (non-hydrogen) atoms. The highest BCUT2D eigenvalue weighted by Gasteiger charge is 2.28. The molecule has 1 saturated carbocycles. The first-order valence-electron chi connectivity index (χ1n) is 7.26. The van der Waals surface area contributed by atoms with Gasteiger partial charge in [0.1, 0.15) is 12.2 Å². The minimum absolute atomic E-state index is 0.169. The minimum Gasteiger partial charge on any atom is -0.493 e. The zero-order valence-electron chi connectivity index (χ0n) is 13.2. The van der Waals surface area contributed by atoms with Crippen LogP contribution in [-0.4, -0.2) is 44.1 Å². The molecular weight excluding hydrogens is 270 g/mol. The molecule has 0 aliphatic heterocycles. The van der Waals surface area contributed by atoms with Crippen LogP contribution in [0.1, 0.15) is 25.3 Å². The molecule has 0 heterocycles. The van der Waals surface area contributed by atoms with Crippen LogP contribution in [0.3, 0.4) is 0 Å². The third-order valence-corrected chi connectivity index (χ3v) is 3.48. The van der Waals surface area contributed by atoms with Crippen molar-refractivity contribution < 1.29 is 19.3 Å². The molecule has 1 atom stereocenters. The van der Waals surface area contributed by atoms with Crippen molar-refractivity contribution in [3.63, 3.8) is 0 Å². The second-order valence-electron chi connectivity index (χ2n) is 5.94. The summed E-state index contributed by atoms with van der Waals surface area (Å²) in [4.78, 5) is 0. The highest BCUT2D eigenvalue weighted by atomic mass is 16.5. The number of ether oxygens (including phenoxy) is 3. The minimum atomic E-state index is -0.941. The maximum absolute atomic E-state index is 10.4. The van der Waals surface area contributed by atoms with Gasteiger partial charge in [-0.05, 0) is 44.4 Å². The average Bonchev–Trinajstić information content (AvgIpc) is 3.27. The van der Waals surface area contributed by atoms with Gasteiger partial charge in [0, 0.05) is 12.6 Å². The quantitative estimate of drug-likeness (QED) is 0.767. The van der Waals surface area contributed by atoms with Gasteiger partial charge in [0.2, 0.25) is 5.75 Å². The summed E-state index contributed by atoms with van der Waals surface area (Å²) < 4.78 is 16.5. The molecule has 0 saturated heterocycles. The molecule has 0 spiro atoms. The number of methoxy groups -OCH3 is 2. The van der Waals surface area contributed by atoms with Crippen molar-refractivity contribution in [3.05, 3.63) is 17.7 Å². The molecule has 1 fully saturated rings.